The Labute approximate surface area is 182 Å². The minimum absolute atomic E-state index is 0.160. The van der Waals surface area contributed by atoms with E-state index in [1.165, 1.54) is 23.9 Å². The number of anilines is 1. The molecule has 6 nitrogen and oxygen atoms in total. The van der Waals surface area contributed by atoms with Crippen LogP contribution in [0.15, 0.2) is 53.7 Å². The van der Waals surface area contributed by atoms with Crippen LogP contribution in [0.2, 0.25) is 5.02 Å². The van der Waals surface area contributed by atoms with E-state index in [0.29, 0.717) is 27.8 Å². The molecular formula is C21H20ClFN4O2S. The second-order valence-corrected chi connectivity index (χ2v) is 8.66. The number of halogens is 2. The monoisotopic (exact) mass is 446 g/mol. The van der Waals surface area contributed by atoms with Crippen molar-refractivity contribution >= 4 is 35.0 Å². The number of aromatic nitrogens is 3. The lowest BCUT2D eigenvalue weighted by Crippen LogP contribution is -2.23. The molecule has 0 saturated heterocycles. The predicted octanol–water partition coefficient (Wildman–Crippen LogP) is 5.10. The van der Waals surface area contributed by atoms with E-state index in [-0.39, 0.29) is 18.2 Å². The highest BCUT2D eigenvalue weighted by Crippen LogP contribution is 2.40. The summed E-state index contributed by atoms with van der Waals surface area (Å²) in [6, 6.07) is 13.6. The number of nitrogens with zero attached hydrogens (tertiary/aromatic N) is 3. The molecule has 30 heavy (non-hydrogen) atoms. The van der Waals surface area contributed by atoms with Gasteiger partial charge in [-0.15, -0.1) is 10.2 Å². The molecule has 0 aliphatic heterocycles. The average molecular weight is 447 g/mol. The molecule has 156 valence electrons. The number of ether oxygens (including phenoxy) is 1. The molecule has 1 aliphatic carbocycles. The van der Waals surface area contributed by atoms with Gasteiger partial charge in [0.05, 0.1) is 16.0 Å². The summed E-state index contributed by atoms with van der Waals surface area (Å²) in [6.07, 6.45) is 2.06. The topological polar surface area (TPSA) is 69.0 Å². The Balaban J connectivity index is 1.44. The fourth-order valence-electron chi connectivity index (χ4n) is 2.90. The average Bonchev–Trinajstić information content (AvgIpc) is 3.50. The maximum Gasteiger partial charge on any atom is 0.237 e. The number of hydrogen-bond donors (Lipinski definition) is 1. The van der Waals surface area contributed by atoms with Gasteiger partial charge in [0.1, 0.15) is 18.2 Å². The molecule has 1 N–H and O–H groups in total. The van der Waals surface area contributed by atoms with Gasteiger partial charge in [0.15, 0.2) is 11.0 Å². The number of benzene rings is 2. The van der Waals surface area contributed by atoms with E-state index >= 15 is 0 Å². The van der Waals surface area contributed by atoms with Crippen molar-refractivity contribution in [2.45, 2.75) is 42.8 Å². The molecule has 1 unspecified atom stereocenters. The SMILES string of the molecule is CC(Sc1nnc(COc2ccccc2Cl)n1C1CC1)C(=O)Nc1ccccc1F. The van der Waals surface area contributed by atoms with E-state index in [1.807, 2.05) is 16.7 Å². The molecule has 1 aliphatic rings. The number of amides is 1. The van der Waals surface area contributed by atoms with Crippen molar-refractivity contribution in [1.29, 1.82) is 0 Å². The van der Waals surface area contributed by atoms with E-state index in [9.17, 15) is 9.18 Å². The fourth-order valence-corrected chi connectivity index (χ4v) is 4.03. The zero-order valence-corrected chi connectivity index (χ0v) is 17.8. The van der Waals surface area contributed by atoms with Gasteiger partial charge in [-0.05, 0) is 44.0 Å². The third kappa shape index (κ3) is 4.76. The molecule has 0 spiro atoms. The van der Waals surface area contributed by atoms with Crippen molar-refractivity contribution in [2.75, 3.05) is 5.32 Å². The van der Waals surface area contributed by atoms with Gasteiger partial charge in [-0.3, -0.25) is 9.36 Å². The number of thioether (sulfide) groups is 1. The molecule has 1 saturated carbocycles. The second-order valence-electron chi connectivity index (χ2n) is 6.95. The van der Waals surface area contributed by atoms with Crippen LogP contribution in [0.25, 0.3) is 0 Å². The van der Waals surface area contributed by atoms with E-state index in [0.717, 1.165) is 12.8 Å². The molecule has 2 aromatic carbocycles. The minimum Gasteiger partial charge on any atom is -0.484 e. The predicted molar refractivity (Wildman–Crippen MR) is 114 cm³/mol. The van der Waals surface area contributed by atoms with Crippen molar-refractivity contribution in [2.24, 2.45) is 0 Å². The quantitative estimate of drug-likeness (QED) is 0.487. The first kappa shape index (κ1) is 20.7. The maximum atomic E-state index is 13.8. The Morgan fingerprint density at radius 3 is 2.73 bits per heavy atom. The smallest absolute Gasteiger partial charge is 0.237 e. The summed E-state index contributed by atoms with van der Waals surface area (Å²) in [5.41, 5.74) is 0.160. The Hall–Kier alpha value is -2.58. The molecule has 3 aromatic rings. The van der Waals surface area contributed by atoms with Crippen LogP contribution < -0.4 is 10.1 Å². The number of nitrogens with one attached hydrogen (secondary N) is 1. The molecule has 9 heteroatoms. The molecule has 1 fully saturated rings. The lowest BCUT2D eigenvalue weighted by atomic mass is 10.3. The van der Waals surface area contributed by atoms with E-state index in [1.54, 1.807) is 31.2 Å². The summed E-state index contributed by atoms with van der Waals surface area (Å²) < 4.78 is 21.6. The van der Waals surface area contributed by atoms with Gasteiger partial charge in [-0.25, -0.2) is 4.39 Å². The van der Waals surface area contributed by atoms with Crippen LogP contribution in [0.5, 0.6) is 5.75 Å². The zero-order valence-electron chi connectivity index (χ0n) is 16.2. The van der Waals surface area contributed by atoms with Crippen LogP contribution >= 0.6 is 23.4 Å². The molecule has 1 aromatic heterocycles. The molecule has 0 bridgehead atoms. The van der Waals surface area contributed by atoms with Crippen molar-refractivity contribution < 1.29 is 13.9 Å². The minimum atomic E-state index is -0.483. The van der Waals surface area contributed by atoms with Gasteiger partial charge in [0.2, 0.25) is 5.91 Å². The lowest BCUT2D eigenvalue weighted by molar-refractivity contribution is -0.115. The van der Waals surface area contributed by atoms with Gasteiger partial charge in [0.25, 0.3) is 0 Å². The molecule has 1 atom stereocenters. The summed E-state index contributed by atoms with van der Waals surface area (Å²) in [5, 5.41) is 11.8. The lowest BCUT2D eigenvalue weighted by Gasteiger charge is -2.14. The molecular weight excluding hydrogens is 427 g/mol. The van der Waals surface area contributed by atoms with E-state index in [4.69, 9.17) is 16.3 Å². The number of para-hydroxylation sites is 2. The standard InChI is InChI=1S/C21H20ClFN4O2S/c1-13(20(28)24-17-8-4-3-7-16(17)23)30-21-26-25-19(27(21)14-10-11-14)12-29-18-9-5-2-6-15(18)22/h2-9,13-14H,10-12H2,1H3,(H,24,28). The number of carbonyl (C=O) groups excluding carboxylic acids is 1. The van der Waals surface area contributed by atoms with Crippen molar-refractivity contribution in [3.63, 3.8) is 0 Å². The second kappa shape index (κ2) is 9.06. The maximum absolute atomic E-state index is 13.8. The van der Waals surface area contributed by atoms with Crippen LogP contribution in [0.1, 0.15) is 31.6 Å². The number of hydrogen-bond acceptors (Lipinski definition) is 5. The third-order valence-electron chi connectivity index (χ3n) is 4.62. The van der Waals surface area contributed by atoms with Crippen molar-refractivity contribution in [3.05, 3.63) is 65.2 Å². The van der Waals surface area contributed by atoms with Crippen LogP contribution in [-0.4, -0.2) is 25.9 Å². The highest BCUT2D eigenvalue weighted by Gasteiger charge is 2.31. The zero-order chi connectivity index (χ0) is 21.1. The summed E-state index contributed by atoms with van der Waals surface area (Å²) in [5.74, 6) is 0.491. The van der Waals surface area contributed by atoms with Crippen LogP contribution in [0.4, 0.5) is 10.1 Å². The van der Waals surface area contributed by atoms with Gasteiger partial charge in [-0.2, -0.15) is 0 Å². The summed E-state index contributed by atoms with van der Waals surface area (Å²) in [6.45, 7) is 1.98. The molecule has 4 rings (SSSR count). The molecule has 1 amide bonds. The highest BCUT2D eigenvalue weighted by atomic mass is 35.5. The molecule has 1 heterocycles. The van der Waals surface area contributed by atoms with Crippen LogP contribution in [0, 0.1) is 5.82 Å². The van der Waals surface area contributed by atoms with Crippen molar-refractivity contribution in [3.8, 4) is 5.75 Å². The molecule has 0 radical (unpaired) electrons. The van der Waals surface area contributed by atoms with Crippen LogP contribution in [-0.2, 0) is 11.4 Å². The number of carbonyl (C=O) groups is 1. The summed E-state index contributed by atoms with van der Waals surface area (Å²) >= 11 is 7.44. The Morgan fingerprint density at radius 1 is 1.27 bits per heavy atom. The highest BCUT2D eigenvalue weighted by molar-refractivity contribution is 8.00. The summed E-state index contributed by atoms with van der Waals surface area (Å²) in [4.78, 5) is 12.5. The first-order valence-corrected chi connectivity index (χ1v) is 10.8. The van der Waals surface area contributed by atoms with Gasteiger partial charge < -0.3 is 10.1 Å². The van der Waals surface area contributed by atoms with E-state index in [2.05, 4.69) is 15.5 Å². The Kier molecular flexibility index (Phi) is 6.24. The normalized spacial score (nSPS) is 14.4. The van der Waals surface area contributed by atoms with Gasteiger partial charge >= 0.3 is 0 Å². The van der Waals surface area contributed by atoms with Gasteiger partial charge in [0, 0.05) is 6.04 Å². The first-order valence-electron chi connectivity index (χ1n) is 9.56. The Bertz CT molecular complexity index is 1060. The first-order chi connectivity index (χ1) is 14.5. The van der Waals surface area contributed by atoms with Crippen LogP contribution in [0.3, 0.4) is 0 Å². The third-order valence-corrected chi connectivity index (χ3v) is 5.99. The largest absolute Gasteiger partial charge is 0.484 e. The van der Waals surface area contributed by atoms with Gasteiger partial charge in [-0.1, -0.05) is 47.6 Å². The Morgan fingerprint density at radius 2 is 2.00 bits per heavy atom. The fraction of sp³-hybridized carbons (Fsp3) is 0.286. The number of rotatable bonds is 8. The van der Waals surface area contributed by atoms with E-state index < -0.39 is 11.1 Å². The summed E-state index contributed by atoms with van der Waals surface area (Å²) in [7, 11) is 0. The van der Waals surface area contributed by atoms with Crippen molar-refractivity contribution in [1.82, 2.24) is 14.8 Å².